The molecule has 2 heterocycles. The molecule has 1 N–H and O–H groups in total. The molecule has 4 aromatic rings. The highest BCUT2D eigenvalue weighted by atomic mass is 35.5. The first-order chi connectivity index (χ1) is 15.2. The summed E-state index contributed by atoms with van der Waals surface area (Å²) < 4.78 is 34.9. The fraction of sp³-hybridized carbons (Fsp3) is 0.136. The van der Waals surface area contributed by atoms with Crippen LogP contribution in [-0.4, -0.2) is 28.4 Å². The van der Waals surface area contributed by atoms with Crippen molar-refractivity contribution in [3.8, 4) is 17.4 Å². The minimum atomic E-state index is -3.72. The van der Waals surface area contributed by atoms with Crippen molar-refractivity contribution in [2.24, 2.45) is 0 Å². The highest BCUT2D eigenvalue weighted by Gasteiger charge is 2.14. The summed E-state index contributed by atoms with van der Waals surface area (Å²) in [5, 5.41) is 13.2. The van der Waals surface area contributed by atoms with E-state index in [9.17, 15) is 8.42 Å². The molecule has 10 heteroatoms. The molecule has 0 spiro atoms. The molecule has 0 atom stereocenters. The number of anilines is 1. The minimum absolute atomic E-state index is 0.121. The number of halogens is 1. The van der Waals surface area contributed by atoms with E-state index in [4.69, 9.17) is 16.3 Å². The van der Waals surface area contributed by atoms with Crippen molar-refractivity contribution in [2.75, 3.05) is 4.72 Å². The smallest absolute Gasteiger partial charge is 0.261 e. The summed E-state index contributed by atoms with van der Waals surface area (Å²) in [7, 11) is -3.72. The van der Waals surface area contributed by atoms with Gasteiger partial charge in [0.2, 0.25) is 5.88 Å². The Morgan fingerprint density at radius 3 is 2.16 bits per heavy atom. The number of ether oxygens (including phenoxy) is 1. The second kappa shape index (κ2) is 8.60. The summed E-state index contributed by atoms with van der Waals surface area (Å²) in [5.74, 6) is 1.39. The predicted octanol–water partition coefficient (Wildman–Crippen LogP) is 4.83. The maximum atomic E-state index is 12.5. The Balaban J connectivity index is 1.44. The topological polar surface area (TPSA) is 99.0 Å². The maximum absolute atomic E-state index is 12.5. The molecule has 0 radical (unpaired) electrons. The second-order valence-electron chi connectivity index (χ2n) is 7.12. The number of nitrogens with one attached hydrogen (secondary N) is 1. The van der Waals surface area contributed by atoms with Crippen LogP contribution in [0.15, 0.2) is 65.6 Å². The molecule has 0 aliphatic heterocycles. The van der Waals surface area contributed by atoms with Crippen LogP contribution in [0.5, 0.6) is 11.6 Å². The second-order valence-corrected chi connectivity index (χ2v) is 9.24. The summed E-state index contributed by atoms with van der Waals surface area (Å²) in [6, 6.07) is 15.9. The maximum Gasteiger partial charge on any atom is 0.261 e. The molecular formula is C22H20ClN5O3S. The molecule has 0 amide bonds. The van der Waals surface area contributed by atoms with Crippen molar-refractivity contribution in [1.29, 1.82) is 0 Å². The first-order valence-electron chi connectivity index (χ1n) is 9.66. The van der Waals surface area contributed by atoms with Gasteiger partial charge in [0.25, 0.3) is 10.0 Å². The van der Waals surface area contributed by atoms with E-state index >= 15 is 0 Å². The zero-order chi connectivity index (χ0) is 22.9. The van der Waals surface area contributed by atoms with Gasteiger partial charge in [0.15, 0.2) is 5.82 Å². The van der Waals surface area contributed by atoms with Crippen molar-refractivity contribution in [2.45, 2.75) is 25.7 Å². The van der Waals surface area contributed by atoms with Gasteiger partial charge in [0.1, 0.15) is 5.75 Å². The number of sulfonamides is 1. The van der Waals surface area contributed by atoms with E-state index in [0.717, 1.165) is 17.0 Å². The molecule has 0 aliphatic rings. The summed E-state index contributed by atoms with van der Waals surface area (Å²) in [5.41, 5.74) is 3.45. The van der Waals surface area contributed by atoms with Crippen LogP contribution >= 0.6 is 11.6 Å². The van der Waals surface area contributed by atoms with Crippen LogP contribution in [0.4, 0.5) is 5.69 Å². The lowest BCUT2D eigenvalue weighted by molar-refractivity contribution is 0.454. The first-order valence-corrected chi connectivity index (χ1v) is 11.5. The van der Waals surface area contributed by atoms with Gasteiger partial charge in [0.05, 0.1) is 10.6 Å². The van der Waals surface area contributed by atoms with E-state index in [0.29, 0.717) is 28.2 Å². The van der Waals surface area contributed by atoms with Crippen LogP contribution in [0.2, 0.25) is 5.02 Å². The Labute approximate surface area is 190 Å². The normalized spacial score (nSPS) is 11.4. The molecule has 0 bridgehead atoms. The van der Waals surface area contributed by atoms with E-state index < -0.39 is 10.0 Å². The Hall–Kier alpha value is -3.43. The van der Waals surface area contributed by atoms with Gasteiger partial charge in [-0.15, -0.1) is 10.2 Å². The van der Waals surface area contributed by atoms with Gasteiger partial charge in [-0.05, 0) is 80.9 Å². The van der Waals surface area contributed by atoms with Crippen LogP contribution in [-0.2, 0) is 10.0 Å². The molecule has 2 aromatic carbocycles. The average molecular weight is 470 g/mol. The number of benzene rings is 2. The quantitative estimate of drug-likeness (QED) is 0.434. The largest absolute Gasteiger partial charge is 0.438 e. The summed E-state index contributed by atoms with van der Waals surface area (Å²) >= 11 is 5.82. The van der Waals surface area contributed by atoms with Crippen molar-refractivity contribution in [3.05, 3.63) is 82.6 Å². The van der Waals surface area contributed by atoms with E-state index in [2.05, 4.69) is 20.0 Å². The van der Waals surface area contributed by atoms with Crippen LogP contribution in [0.1, 0.15) is 17.0 Å². The average Bonchev–Trinajstić information content (AvgIpc) is 3.03. The lowest BCUT2D eigenvalue weighted by atomic mass is 10.2. The van der Waals surface area contributed by atoms with E-state index in [1.54, 1.807) is 41.1 Å². The number of hydrogen-bond donors (Lipinski definition) is 1. The minimum Gasteiger partial charge on any atom is -0.438 e. The summed E-state index contributed by atoms with van der Waals surface area (Å²) in [6.07, 6.45) is 0. The van der Waals surface area contributed by atoms with Crippen LogP contribution in [0, 0.1) is 20.8 Å². The van der Waals surface area contributed by atoms with Crippen molar-refractivity contribution in [3.63, 3.8) is 0 Å². The van der Waals surface area contributed by atoms with Crippen molar-refractivity contribution in [1.82, 2.24) is 20.0 Å². The predicted molar refractivity (Wildman–Crippen MR) is 122 cm³/mol. The monoisotopic (exact) mass is 469 g/mol. The molecule has 0 unspecified atom stereocenters. The number of rotatable bonds is 6. The number of hydrogen-bond acceptors (Lipinski definition) is 6. The highest BCUT2D eigenvalue weighted by molar-refractivity contribution is 7.92. The Kier molecular flexibility index (Phi) is 5.86. The van der Waals surface area contributed by atoms with Crippen LogP contribution in [0.3, 0.4) is 0 Å². The molecular weight excluding hydrogens is 450 g/mol. The number of aryl methyl sites for hydroxylation is 1. The van der Waals surface area contributed by atoms with Gasteiger partial charge in [-0.2, -0.15) is 5.10 Å². The molecule has 0 fully saturated rings. The standard InChI is InChI=1S/C22H20ClN5O3S/c1-14-15(2)26-28(16(14)3)21-12-13-22(25-24-21)31-19-8-6-18(7-9-19)27-32(29,30)20-10-4-17(23)5-11-20/h4-13,27H,1-3H3. The van der Waals surface area contributed by atoms with Crippen LogP contribution < -0.4 is 9.46 Å². The Morgan fingerprint density at radius 2 is 1.59 bits per heavy atom. The molecule has 0 saturated carbocycles. The lowest BCUT2D eigenvalue weighted by Gasteiger charge is -2.09. The van der Waals surface area contributed by atoms with Gasteiger partial charge in [0, 0.05) is 22.5 Å². The van der Waals surface area contributed by atoms with Crippen molar-refractivity contribution >= 4 is 27.3 Å². The first kappa shape index (κ1) is 21.8. The third kappa shape index (κ3) is 4.58. The fourth-order valence-corrected chi connectivity index (χ4v) is 4.15. The van der Waals surface area contributed by atoms with Crippen molar-refractivity contribution < 1.29 is 13.2 Å². The summed E-state index contributed by atoms with van der Waals surface area (Å²) in [4.78, 5) is 0.121. The van der Waals surface area contributed by atoms with Gasteiger partial charge in [-0.25, -0.2) is 13.1 Å². The van der Waals surface area contributed by atoms with Gasteiger partial charge < -0.3 is 4.74 Å². The molecule has 0 aliphatic carbocycles. The molecule has 32 heavy (non-hydrogen) atoms. The molecule has 8 nitrogen and oxygen atoms in total. The Bertz CT molecular complexity index is 1350. The molecule has 0 saturated heterocycles. The van der Waals surface area contributed by atoms with E-state index in [-0.39, 0.29) is 4.90 Å². The zero-order valence-corrected chi connectivity index (χ0v) is 19.1. The van der Waals surface area contributed by atoms with E-state index in [1.807, 2.05) is 20.8 Å². The van der Waals surface area contributed by atoms with Crippen LogP contribution in [0.25, 0.3) is 5.82 Å². The fourth-order valence-electron chi connectivity index (χ4n) is 2.96. The summed E-state index contributed by atoms with van der Waals surface area (Å²) in [6.45, 7) is 5.94. The highest BCUT2D eigenvalue weighted by Crippen LogP contribution is 2.24. The van der Waals surface area contributed by atoms with Gasteiger partial charge in [-0.1, -0.05) is 11.6 Å². The lowest BCUT2D eigenvalue weighted by Crippen LogP contribution is -2.12. The molecule has 2 aromatic heterocycles. The molecule has 4 rings (SSSR count). The zero-order valence-electron chi connectivity index (χ0n) is 17.6. The molecule has 164 valence electrons. The van der Waals surface area contributed by atoms with Gasteiger partial charge >= 0.3 is 0 Å². The number of aromatic nitrogens is 4. The Morgan fingerprint density at radius 1 is 0.906 bits per heavy atom. The third-order valence-electron chi connectivity index (χ3n) is 4.95. The number of nitrogens with zero attached hydrogens (tertiary/aromatic N) is 4. The SMILES string of the molecule is Cc1nn(-c2ccc(Oc3ccc(NS(=O)(=O)c4ccc(Cl)cc4)cc3)nn2)c(C)c1C. The van der Waals surface area contributed by atoms with Gasteiger partial charge in [-0.3, -0.25) is 4.72 Å². The van der Waals surface area contributed by atoms with E-state index in [1.165, 1.54) is 24.3 Å². The third-order valence-corrected chi connectivity index (χ3v) is 6.60.